The van der Waals surface area contributed by atoms with Crippen molar-refractivity contribution in [2.24, 2.45) is 5.73 Å². The molecule has 0 radical (unpaired) electrons. The summed E-state index contributed by atoms with van der Waals surface area (Å²) in [5.41, 5.74) is 7.93. The summed E-state index contributed by atoms with van der Waals surface area (Å²) in [4.78, 5) is 0.00343. The highest BCUT2D eigenvalue weighted by Gasteiger charge is 2.28. The summed E-state index contributed by atoms with van der Waals surface area (Å²) in [6, 6.07) is 8.06. The molecule has 19 heavy (non-hydrogen) atoms. The van der Waals surface area contributed by atoms with E-state index in [2.05, 4.69) is 10.8 Å². The lowest BCUT2D eigenvalue weighted by atomic mass is 9.89. The first kappa shape index (κ1) is 14.4. The number of nitrogens with two attached hydrogens (primary N) is 1. The van der Waals surface area contributed by atoms with Crippen molar-refractivity contribution < 1.29 is 8.42 Å². The van der Waals surface area contributed by atoms with E-state index in [4.69, 9.17) is 18.0 Å². The molecule has 1 aromatic carbocycles. The minimum absolute atomic E-state index is 0.00343. The summed E-state index contributed by atoms with van der Waals surface area (Å²) >= 11 is 4.76. The average Bonchev–Trinajstić information content (AvgIpc) is 2.37. The standard InChI is InChI=1S/C13H18N2O2S2/c1-9(13(14)18)19(16,17)15-12-7-6-10-4-2-3-5-11(10)8-12/h2-5,9,12,15H,6-8H2,1H3,(H2,14,18). The van der Waals surface area contributed by atoms with Crippen LogP contribution in [0.15, 0.2) is 24.3 Å². The van der Waals surface area contributed by atoms with E-state index in [9.17, 15) is 8.42 Å². The van der Waals surface area contributed by atoms with Gasteiger partial charge in [-0.2, -0.15) is 0 Å². The van der Waals surface area contributed by atoms with Gasteiger partial charge in [0.2, 0.25) is 10.0 Å². The first-order valence-corrected chi connectivity index (χ1v) is 8.23. The van der Waals surface area contributed by atoms with Crippen molar-refractivity contribution in [1.82, 2.24) is 4.72 Å². The van der Waals surface area contributed by atoms with Crippen molar-refractivity contribution in [3.05, 3.63) is 35.4 Å². The zero-order chi connectivity index (χ0) is 14.0. The number of benzene rings is 1. The molecular formula is C13H18N2O2S2. The Bertz CT molecular complexity index is 584. The van der Waals surface area contributed by atoms with Gasteiger partial charge >= 0.3 is 0 Å². The SMILES string of the molecule is CC(C(N)=S)S(=O)(=O)NC1CCc2ccccc2C1. The first-order chi connectivity index (χ1) is 8.90. The van der Waals surface area contributed by atoms with E-state index in [1.807, 2.05) is 18.2 Å². The predicted octanol–water partition coefficient (Wildman–Crippen LogP) is 1.14. The maximum absolute atomic E-state index is 12.1. The van der Waals surface area contributed by atoms with Crippen molar-refractivity contribution in [3.8, 4) is 0 Å². The smallest absolute Gasteiger partial charge is 0.220 e. The lowest BCUT2D eigenvalue weighted by Gasteiger charge is -2.26. The molecule has 1 aromatic rings. The Morgan fingerprint density at radius 2 is 2.05 bits per heavy atom. The van der Waals surface area contributed by atoms with Gasteiger partial charge in [0, 0.05) is 6.04 Å². The first-order valence-electron chi connectivity index (χ1n) is 6.27. The van der Waals surface area contributed by atoms with Gasteiger partial charge in [0.25, 0.3) is 0 Å². The van der Waals surface area contributed by atoms with Crippen LogP contribution in [-0.2, 0) is 22.9 Å². The minimum atomic E-state index is -3.48. The molecule has 0 saturated heterocycles. The Balaban J connectivity index is 2.09. The van der Waals surface area contributed by atoms with Crippen LogP contribution in [0.5, 0.6) is 0 Å². The molecule has 0 aliphatic heterocycles. The summed E-state index contributed by atoms with van der Waals surface area (Å²) in [7, 11) is -3.48. The van der Waals surface area contributed by atoms with E-state index in [0.717, 1.165) is 19.3 Å². The molecule has 2 rings (SSSR count). The lowest BCUT2D eigenvalue weighted by Crippen LogP contribution is -2.46. The number of aryl methyl sites for hydroxylation is 1. The second-order valence-electron chi connectivity index (χ2n) is 4.92. The topological polar surface area (TPSA) is 72.2 Å². The molecule has 3 N–H and O–H groups in total. The van der Waals surface area contributed by atoms with E-state index < -0.39 is 15.3 Å². The Labute approximate surface area is 119 Å². The number of fused-ring (bicyclic) bond motifs is 1. The zero-order valence-electron chi connectivity index (χ0n) is 10.8. The molecule has 0 fully saturated rings. The molecule has 6 heteroatoms. The molecule has 2 atom stereocenters. The molecule has 0 spiro atoms. The van der Waals surface area contributed by atoms with Crippen molar-refractivity contribution in [1.29, 1.82) is 0 Å². The highest BCUT2D eigenvalue weighted by atomic mass is 32.2. The monoisotopic (exact) mass is 298 g/mol. The van der Waals surface area contributed by atoms with Gasteiger partial charge < -0.3 is 5.73 Å². The van der Waals surface area contributed by atoms with Crippen molar-refractivity contribution >= 4 is 27.2 Å². The van der Waals surface area contributed by atoms with Crippen LogP contribution in [0.2, 0.25) is 0 Å². The van der Waals surface area contributed by atoms with Gasteiger partial charge in [0.1, 0.15) is 5.25 Å². The number of hydrogen-bond donors (Lipinski definition) is 2. The zero-order valence-corrected chi connectivity index (χ0v) is 12.4. The number of nitrogens with one attached hydrogen (secondary N) is 1. The Morgan fingerprint density at radius 3 is 2.68 bits per heavy atom. The normalized spacial score (nSPS) is 20.6. The van der Waals surface area contributed by atoms with Crippen LogP contribution in [-0.4, -0.2) is 24.7 Å². The summed E-state index contributed by atoms with van der Waals surface area (Å²) in [6.07, 6.45) is 2.42. The van der Waals surface area contributed by atoms with Crippen LogP contribution in [0.4, 0.5) is 0 Å². The summed E-state index contributed by atoms with van der Waals surface area (Å²) in [5.74, 6) is 0. The molecule has 1 aliphatic carbocycles. The molecule has 4 nitrogen and oxygen atoms in total. The van der Waals surface area contributed by atoms with Gasteiger partial charge in [0.05, 0.1) is 4.99 Å². The van der Waals surface area contributed by atoms with Crippen LogP contribution >= 0.6 is 12.2 Å². The van der Waals surface area contributed by atoms with E-state index >= 15 is 0 Å². The van der Waals surface area contributed by atoms with E-state index in [-0.39, 0.29) is 11.0 Å². The molecule has 0 aromatic heterocycles. The van der Waals surface area contributed by atoms with Gasteiger partial charge in [0.15, 0.2) is 0 Å². The van der Waals surface area contributed by atoms with E-state index in [1.54, 1.807) is 0 Å². The fraction of sp³-hybridized carbons (Fsp3) is 0.462. The second kappa shape index (κ2) is 5.56. The van der Waals surface area contributed by atoms with Gasteiger partial charge in [-0.15, -0.1) is 0 Å². The maximum atomic E-state index is 12.1. The third-order valence-electron chi connectivity index (χ3n) is 3.54. The number of thiocarbonyl (C=S) groups is 1. The van der Waals surface area contributed by atoms with Crippen LogP contribution in [0.1, 0.15) is 24.5 Å². The van der Waals surface area contributed by atoms with Gasteiger partial charge in [-0.1, -0.05) is 36.5 Å². The Morgan fingerprint density at radius 1 is 1.42 bits per heavy atom. The van der Waals surface area contributed by atoms with Crippen molar-refractivity contribution in [2.45, 2.75) is 37.5 Å². The maximum Gasteiger partial charge on any atom is 0.220 e. The Kier molecular flexibility index (Phi) is 4.23. The van der Waals surface area contributed by atoms with E-state index in [1.165, 1.54) is 18.1 Å². The lowest BCUT2D eigenvalue weighted by molar-refractivity contribution is 0.506. The highest BCUT2D eigenvalue weighted by Crippen LogP contribution is 2.21. The van der Waals surface area contributed by atoms with Gasteiger partial charge in [-0.05, 0) is 37.3 Å². The van der Waals surface area contributed by atoms with Crippen LogP contribution in [0, 0.1) is 0 Å². The highest BCUT2D eigenvalue weighted by molar-refractivity contribution is 7.93. The fourth-order valence-electron chi connectivity index (χ4n) is 2.29. The largest absolute Gasteiger partial charge is 0.392 e. The molecule has 0 saturated carbocycles. The molecule has 1 aliphatic rings. The average molecular weight is 298 g/mol. The summed E-state index contributed by atoms with van der Waals surface area (Å²) in [5, 5.41) is -0.834. The molecule has 0 heterocycles. The predicted molar refractivity (Wildman–Crippen MR) is 80.6 cm³/mol. The van der Waals surface area contributed by atoms with Crippen molar-refractivity contribution in [2.75, 3.05) is 0 Å². The fourth-order valence-corrected chi connectivity index (χ4v) is 3.84. The quantitative estimate of drug-likeness (QED) is 0.818. The Hall–Kier alpha value is -0.980. The summed E-state index contributed by atoms with van der Waals surface area (Å²) < 4.78 is 26.9. The number of sulfonamides is 1. The number of rotatable bonds is 4. The molecule has 0 bridgehead atoms. The molecular weight excluding hydrogens is 280 g/mol. The summed E-state index contributed by atoms with van der Waals surface area (Å²) in [6.45, 7) is 1.52. The minimum Gasteiger partial charge on any atom is -0.392 e. The van der Waals surface area contributed by atoms with E-state index in [0.29, 0.717) is 0 Å². The molecule has 0 amide bonds. The van der Waals surface area contributed by atoms with Gasteiger partial charge in [-0.3, -0.25) is 0 Å². The third kappa shape index (κ3) is 3.32. The van der Waals surface area contributed by atoms with Crippen LogP contribution in [0.3, 0.4) is 0 Å². The van der Waals surface area contributed by atoms with Gasteiger partial charge in [-0.25, -0.2) is 13.1 Å². The number of hydrogen-bond acceptors (Lipinski definition) is 3. The second-order valence-corrected chi connectivity index (χ2v) is 7.42. The van der Waals surface area contributed by atoms with Crippen molar-refractivity contribution in [3.63, 3.8) is 0 Å². The van der Waals surface area contributed by atoms with Crippen LogP contribution in [0.25, 0.3) is 0 Å². The molecule has 2 unspecified atom stereocenters. The third-order valence-corrected chi connectivity index (χ3v) is 5.89. The van der Waals surface area contributed by atoms with Crippen LogP contribution < -0.4 is 10.5 Å². The molecule has 104 valence electrons.